The van der Waals surface area contributed by atoms with E-state index in [-0.39, 0.29) is 24.8 Å². The van der Waals surface area contributed by atoms with E-state index in [0.29, 0.717) is 24.5 Å². The highest BCUT2D eigenvalue weighted by Crippen LogP contribution is 2.27. The van der Waals surface area contributed by atoms with Crippen molar-refractivity contribution in [3.63, 3.8) is 0 Å². The van der Waals surface area contributed by atoms with Gasteiger partial charge in [-0.25, -0.2) is 14.8 Å². The number of nitrogens with zero attached hydrogens (tertiary/aromatic N) is 6. The monoisotopic (exact) mass is 966 g/mol. The molecule has 13 nitrogen and oxygen atoms in total. The Morgan fingerprint density at radius 3 is 1.58 bits per heavy atom. The van der Waals surface area contributed by atoms with Crippen LogP contribution in [0.1, 0.15) is 82.0 Å². The third-order valence-corrected chi connectivity index (χ3v) is 12.5. The minimum atomic E-state index is -0.924. The van der Waals surface area contributed by atoms with Crippen molar-refractivity contribution in [3.8, 4) is 0 Å². The number of piperidine rings is 2. The topological polar surface area (TPSA) is 175 Å². The number of benzene rings is 2. The molecule has 1 amide bonds. The Bertz CT molecular complexity index is 2260. The summed E-state index contributed by atoms with van der Waals surface area (Å²) in [6.07, 6.45) is 11.2. The lowest BCUT2D eigenvalue weighted by molar-refractivity contribution is 0.0685. The zero-order valence-electron chi connectivity index (χ0n) is 32.5. The third-order valence-electron chi connectivity index (χ3n) is 9.73. The fourth-order valence-corrected chi connectivity index (χ4v) is 9.31. The number of hydrogen-bond acceptors (Lipinski definition) is 11. The Morgan fingerprint density at radius 2 is 1.12 bits per heavy atom. The van der Waals surface area contributed by atoms with E-state index >= 15 is 0 Å². The molecule has 0 bridgehead atoms. The molecule has 0 saturated carbocycles. The summed E-state index contributed by atoms with van der Waals surface area (Å²) in [5, 5.41) is 36.1. The van der Waals surface area contributed by atoms with Crippen molar-refractivity contribution < 1.29 is 24.9 Å². The molecule has 0 aliphatic carbocycles. The number of aliphatic hydroxyl groups excluding tert-OH is 2. The van der Waals surface area contributed by atoms with Crippen LogP contribution in [0.25, 0.3) is 0 Å². The molecule has 4 aromatic heterocycles. The van der Waals surface area contributed by atoms with E-state index in [9.17, 15) is 14.7 Å². The molecule has 2 aromatic carbocycles. The second kappa shape index (κ2) is 21.7. The number of aromatic carboxylic acids is 1. The zero-order chi connectivity index (χ0) is 41.7. The predicted molar refractivity (Wildman–Crippen MR) is 243 cm³/mol. The van der Waals surface area contributed by atoms with Crippen LogP contribution in [0, 0.1) is 0 Å². The molecule has 0 radical (unpaired) electrons. The van der Waals surface area contributed by atoms with Crippen molar-refractivity contribution in [2.24, 2.45) is 0 Å². The number of aliphatic hydroxyl groups is 2. The lowest BCUT2D eigenvalue weighted by Crippen LogP contribution is -2.29. The number of halogens is 2. The van der Waals surface area contributed by atoms with Gasteiger partial charge in [0.15, 0.2) is 10.3 Å². The van der Waals surface area contributed by atoms with E-state index in [4.69, 9.17) is 20.9 Å². The zero-order valence-corrected chi connectivity index (χ0v) is 37.3. The average molecular weight is 969 g/mol. The summed E-state index contributed by atoms with van der Waals surface area (Å²) in [6.45, 7) is 5.39. The molecule has 59 heavy (non-hydrogen) atoms. The molecule has 2 saturated heterocycles. The van der Waals surface area contributed by atoms with Gasteiger partial charge in [0.05, 0.1) is 37.7 Å². The SMILES string of the molecule is Nc1ccc(CO)cc1.O=C(Nc1ccc(CO)cc1)c1cc(Br)cn1Cc1csc(N2CCCCC2)n1.O=C(O)c1cc(Br)cn1Cc1csc(N2CCCCC2)n1. The first-order valence-electron chi connectivity index (χ1n) is 19.4. The highest BCUT2D eigenvalue weighted by Gasteiger charge is 2.19. The van der Waals surface area contributed by atoms with Crippen molar-refractivity contribution in [2.75, 3.05) is 47.0 Å². The van der Waals surface area contributed by atoms with Crippen LogP contribution in [0.15, 0.2) is 92.8 Å². The molecule has 17 heteroatoms. The quantitative estimate of drug-likeness (QED) is 0.0791. The normalized spacial score (nSPS) is 13.9. The second-order valence-corrected chi connectivity index (χ2v) is 17.7. The maximum absolute atomic E-state index is 12.8. The lowest BCUT2D eigenvalue weighted by atomic mass is 10.1. The third kappa shape index (κ3) is 12.7. The molecule has 0 unspecified atom stereocenters. The summed E-state index contributed by atoms with van der Waals surface area (Å²) >= 11 is 10.1. The van der Waals surface area contributed by atoms with Crippen LogP contribution in [0.5, 0.6) is 0 Å². The van der Waals surface area contributed by atoms with E-state index in [1.807, 2.05) is 22.2 Å². The van der Waals surface area contributed by atoms with E-state index in [1.165, 1.54) is 38.5 Å². The van der Waals surface area contributed by atoms with Crippen molar-refractivity contribution >= 4 is 88.0 Å². The molecule has 0 spiro atoms. The van der Waals surface area contributed by atoms with Gasteiger partial charge in [0.25, 0.3) is 5.91 Å². The molecule has 6 aromatic rings. The fourth-order valence-electron chi connectivity index (χ4n) is 6.64. The minimum Gasteiger partial charge on any atom is -0.477 e. The summed E-state index contributed by atoms with van der Waals surface area (Å²) in [5.41, 5.74) is 11.2. The highest BCUT2D eigenvalue weighted by molar-refractivity contribution is 9.10. The number of carbonyl (C=O) groups excluding carboxylic acids is 1. The molecule has 2 aliphatic heterocycles. The van der Waals surface area contributed by atoms with Gasteiger partial charge in [-0.15, -0.1) is 22.7 Å². The van der Waals surface area contributed by atoms with Gasteiger partial charge < -0.3 is 45.3 Å². The number of carboxylic acid groups (broad SMARTS) is 1. The second-order valence-electron chi connectivity index (χ2n) is 14.2. The Kier molecular flexibility index (Phi) is 16.2. The summed E-state index contributed by atoms with van der Waals surface area (Å²) < 4.78 is 5.24. The molecule has 2 fully saturated rings. The molecule has 2 aliphatic rings. The Hall–Kier alpha value is -4.52. The molecule has 312 valence electrons. The van der Waals surface area contributed by atoms with Gasteiger partial charge in [-0.2, -0.15) is 0 Å². The van der Waals surface area contributed by atoms with Gasteiger partial charge in [0.2, 0.25) is 0 Å². The maximum Gasteiger partial charge on any atom is 0.352 e. The van der Waals surface area contributed by atoms with Crippen LogP contribution in [0.4, 0.5) is 21.6 Å². The number of nitrogens with one attached hydrogen (secondary N) is 1. The van der Waals surface area contributed by atoms with Crippen molar-refractivity contribution in [1.82, 2.24) is 19.1 Å². The van der Waals surface area contributed by atoms with Gasteiger partial charge in [0, 0.05) is 69.7 Å². The van der Waals surface area contributed by atoms with Crippen molar-refractivity contribution in [3.05, 3.63) is 127 Å². The van der Waals surface area contributed by atoms with Crippen LogP contribution in [0.3, 0.4) is 0 Å². The lowest BCUT2D eigenvalue weighted by Gasteiger charge is -2.25. The van der Waals surface area contributed by atoms with Crippen LogP contribution in [-0.4, -0.2) is 72.5 Å². The highest BCUT2D eigenvalue weighted by atomic mass is 79.9. The summed E-state index contributed by atoms with van der Waals surface area (Å²) in [4.78, 5) is 38.2. The number of thiazole rings is 2. The van der Waals surface area contributed by atoms with E-state index < -0.39 is 5.97 Å². The van der Waals surface area contributed by atoms with E-state index in [0.717, 1.165) is 73.6 Å². The summed E-state index contributed by atoms with van der Waals surface area (Å²) in [7, 11) is 0. The number of amides is 1. The Balaban J connectivity index is 0.000000169. The number of nitrogens with two attached hydrogens (primary N) is 1. The number of rotatable bonds is 11. The number of anilines is 4. The first-order valence-corrected chi connectivity index (χ1v) is 22.7. The molecule has 6 N–H and O–H groups in total. The van der Waals surface area contributed by atoms with E-state index in [1.54, 1.807) is 88.0 Å². The Morgan fingerprint density at radius 1 is 0.678 bits per heavy atom. The maximum atomic E-state index is 12.8. The average Bonchev–Trinajstić information content (AvgIpc) is 4.08. The number of aromatic nitrogens is 4. The van der Waals surface area contributed by atoms with Gasteiger partial charge in [-0.05, 0) is 118 Å². The summed E-state index contributed by atoms with van der Waals surface area (Å²) in [6, 6.07) is 17.7. The molecule has 8 rings (SSSR count). The van der Waals surface area contributed by atoms with Gasteiger partial charge in [-0.3, -0.25) is 4.79 Å². The van der Waals surface area contributed by atoms with Crippen LogP contribution < -0.4 is 20.9 Å². The van der Waals surface area contributed by atoms with Gasteiger partial charge >= 0.3 is 5.97 Å². The number of carbonyl (C=O) groups is 2. The molecular weight excluding hydrogens is 920 g/mol. The Labute approximate surface area is 368 Å². The van der Waals surface area contributed by atoms with Crippen molar-refractivity contribution in [1.29, 1.82) is 0 Å². The van der Waals surface area contributed by atoms with Crippen LogP contribution in [-0.2, 0) is 26.3 Å². The van der Waals surface area contributed by atoms with E-state index in [2.05, 4.69) is 57.3 Å². The number of carboxylic acids is 1. The van der Waals surface area contributed by atoms with Crippen LogP contribution >= 0.6 is 54.5 Å². The fraction of sp³-hybridized carbons (Fsp3) is 0.333. The first-order chi connectivity index (χ1) is 28.6. The summed E-state index contributed by atoms with van der Waals surface area (Å²) in [5.74, 6) is -1.11. The van der Waals surface area contributed by atoms with Crippen LogP contribution in [0.2, 0.25) is 0 Å². The number of hydrogen-bond donors (Lipinski definition) is 5. The number of nitrogen functional groups attached to an aromatic ring is 1. The van der Waals surface area contributed by atoms with Gasteiger partial charge in [-0.1, -0.05) is 24.3 Å². The predicted octanol–water partition coefficient (Wildman–Crippen LogP) is 8.70. The largest absolute Gasteiger partial charge is 0.477 e. The van der Waals surface area contributed by atoms with Crippen molar-refractivity contribution in [2.45, 2.75) is 64.8 Å². The first kappa shape index (κ1) is 44.0. The van der Waals surface area contributed by atoms with Gasteiger partial charge in [0.1, 0.15) is 11.4 Å². The minimum absolute atomic E-state index is 0.0168. The molecular formula is C42H48Br2N8O5S2. The molecule has 6 heterocycles. The smallest absolute Gasteiger partial charge is 0.352 e. The molecule has 0 atom stereocenters. The standard InChI is InChI=1S/C21H23BrN4O2S.C14H16BrN3O2S.C7H9NO/c22-16-10-19(20(28)23-17-6-4-15(13-27)5-7-17)26(11-16)12-18-14-29-21(24-18)25-8-2-1-3-9-25;15-10-6-12(13(19)20)18(7-10)8-11-9-21-14(16-11)17-4-2-1-3-5-17;8-7-3-1-6(5-9)2-4-7/h4-7,10-11,14,27H,1-3,8-9,12-13H2,(H,23,28);6-7,9H,1-5,8H2,(H,19,20);1-4,9H,5,8H2.